The van der Waals surface area contributed by atoms with Crippen LogP contribution in [0.2, 0.25) is 0 Å². The van der Waals surface area contributed by atoms with Crippen molar-refractivity contribution in [1.29, 1.82) is 0 Å². The predicted octanol–water partition coefficient (Wildman–Crippen LogP) is -0.863. The van der Waals surface area contributed by atoms with E-state index in [1.54, 1.807) is 6.07 Å². The summed E-state index contributed by atoms with van der Waals surface area (Å²) in [5.41, 5.74) is 7.80. The molecule has 1 aromatic heterocycles. The summed E-state index contributed by atoms with van der Waals surface area (Å²) >= 11 is 0. The molecule has 0 saturated carbocycles. The first-order valence-corrected chi connectivity index (χ1v) is 4.14. The normalized spacial score (nSPS) is 12.2. The van der Waals surface area contributed by atoms with E-state index in [2.05, 4.69) is 20.7 Å². The van der Waals surface area contributed by atoms with Crippen LogP contribution in [0.5, 0.6) is 0 Å². The van der Waals surface area contributed by atoms with E-state index in [0.29, 0.717) is 11.6 Å². The van der Waals surface area contributed by atoms with Crippen molar-refractivity contribution in [2.24, 2.45) is 5.84 Å². The standard InChI is InChI=1S/C7H14N6O/c1-4(3-14)10-5-2-6(13-9)12-7(8)11-5/h2,4,14H,3,9H2,1H3,(H4,8,10,11,12,13). The number of aliphatic hydroxyl groups is 1. The summed E-state index contributed by atoms with van der Waals surface area (Å²) < 4.78 is 0. The Balaban J connectivity index is 2.81. The number of hydrazine groups is 1. The molecule has 0 amide bonds. The molecule has 78 valence electrons. The van der Waals surface area contributed by atoms with E-state index in [1.165, 1.54) is 0 Å². The van der Waals surface area contributed by atoms with Crippen molar-refractivity contribution in [1.82, 2.24) is 9.97 Å². The minimum absolute atomic E-state index is 0.00922. The van der Waals surface area contributed by atoms with Gasteiger partial charge in [-0.3, -0.25) is 0 Å². The number of anilines is 3. The number of nitrogen functional groups attached to an aromatic ring is 2. The van der Waals surface area contributed by atoms with Crippen LogP contribution >= 0.6 is 0 Å². The van der Waals surface area contributed by atoms with E-state index < -0.39 is 0 Å². The molecule has 0 aliphatic carbocycles. The zero-order chi connectivity index (χ0) is 10.6. The van der Waals surface area contributed by atoms with Gasteiger partial charge in [-0.15, -0.1) is 0 Å². The quantitative estimate of drug-likeness (QED) is 0.315. The van der Waals surface area contributed by atoms with Crippen molar-refractivity contribution in [3.63, 3.8) is 0 Å². The minimum atomic E-state index is -0.102. The SMILES string of the molecule is CC(CO)Nc1cc(NN)nc(N)n1. The topological polar surface area (TPSA) is 122 Å². The molecule has 14 heavy (non-hydrogen) atoms. The third-order valence-electron chi connectivity index (χ3n) is 1.56. The summed E-state index contributed by atoms with van der Waals surface area (Å²) in [5, 5.41) is 11.7. The Labute approximate surface area is 81.5 Å². The van der Waals surface area contributed by atoms with Gasteiger partial charge in [0.1, 0.15) is 11.6 Å². The zero-order valence-corrected chi connectivity index (χ0v) is 7.86. The second-order valence-electron chi connectivity index (χ2n) is 2.87. The fourth-order valence-electron chi connectivity index (χ4n) is 0.912. The number of aliphatic hydroxyl groups excluding tert-OH is 1. The lowest BCUT2D eigenvalue weighted by molar-refractivity contribution is 0.281. The average Bonchev–Trinajstić information content (AvgIpc) is 2.16. The number of aromatic nitrogens is 2. The van der Waals surface area contributed by atoms with Crippen LogP contribution in [-0.4, -0.2) is 27.7 Å². The first-order chi connectivity index (χ1) is 6.65. The molecule has 0 aliphatic heterocycles. The van der Waals surface area contributed by atoms with E-state index in [1.807, 2.05) is 6.92 Å². The molecule has 0 bridgehead atoms. The van der Waals surface area contributed by atoms with Crippen LogP contribution in [-0.2, 0) is 0 Å². The molecule has 7 N–H and O–H groups in total. The maximum atomic E-state index is 8.81. The number of nitrogens with zero attached hydrogens (tertiary/aromatic N) is 2. The van der Waals surface area contributed by atoms with Gasteiger partial charge in [0.25, 0.3) is 0 Å². The van der Waals surface area contributed by atoms with Crippen molar-refractivity contribution >= 4 is 17.6 Å². The number of hydrogen-bond acceptors (Lipinski definition) is 7. The third kappa shape index (κ3) is 2.71. The van der Waals surface area contributed by atoms with Crippen LogP contribution in [0, 0.1) is 0 Å². The van der Waals surface area contributed by atoms with E-state index in [4.69, 9.17) is 16.7 Å². The number of hydrogen-bond donors (Lipinski definition) is 5. The Kier molecular flexibility index (Phi) is 3.43. The fraction of sp³-hybridized carbons (Fsp3) is 0.429. The lowest BCUT2D eigenvalue weighted by Crippen LogP contribution is -2.21. The van der Waals surface area contributed by atoms with Gasteiger partial charge in [0.15, 0.2) is 0 Å². The molecular weight excluding hydrogens is 184 g/mol. The second-order valence-corrected chi connectivity index (χ2v) is 2.87. The summed E-state index contributed by atoms with van der Waals surface area (Å²) in [6.45, 7) is 1.82. The molecule has 1 atom stereocenters. The summed E-state index contributed by atoms with van der Waals surface area (Å²) in [6, 6.07) is 1.50. The van der Waals surface area contributed by atoms with Gasteiger partial charge < -0.3 is 21.6 Å². The maximum absolute atomic E-state index is 8.81. The van der Waals surface area contributed by atoms with Crippen LogP contribution < -0.4 is 22.3 Å². The van der Waals surface area contributed by atoms with Crippen LogP contribution in [0.4, 0.5) is 17.6 Å². The van der Waals surface area contributed by atoms with E-state index in [0.717, 1.165) is 0 Å². The number of nitrogens with one attached hydrogen (secondary N) is 2. The molecule has 0 radical (unpaired) electrons. The summed E-state index contributed by atoms with van der Waals surface area (Å²) in [7, 11) is 0. The molecule has 7 heteroatoms. The smallest absolute Gasteiger partial charge is 0.223 e. The fourth-order valence-corrected chi connectivity index (χ4v) is 0.912. The Morgan fingerprint density at radius 1 is 1.50 bits per heavy atom. The lowest BCUT2D eigenvalue weighted by atomic mass is 10.3. The first-order valence-electron chi connectivity index (χ1n) is 4.14. The van der Waals surface area contributed by atoms with Crippen molar-refractivity contribution in [2.45, 2.75) is 13.0 Å². The van der Waals surface area contributed by atoms with Gasteiger partial charge in [0.2, 0.25) is 5.95 Å². The molecule has 0 spiro atoms. The average molecular weight is 198 g/mol. The van der Waals surface area contributed by atoms with Crippen LogP contribution in [0.3, 0.4) is 0 Å². The van der Waals surface area contributed by atoms with E-state index in [9.17, 15) is 0 Å². The van der Waals surface area contributed by atoms with Crippen LogP contribution in [0.15, 0.2) is 6.07 Å². The highest BCUT2D eigenvalue weighted by molar-refractivity contribution is 5.50. The Bertz CT molecular complexity index is 304. The van der Waals surface area contributed by atoms with Gasteiger partial charge in [0.05, 0.1) is 6.61 Å². The van der Waals surface area contributed by atoms with Crippen LogP contribution in [0.25, 0.3) is 0 Å². The van der Waals surface area contributed by atoms with Gasteiger partial charge >= 0.3 is 0 Å². The highest BCUT2D eigenvalue weighted by Crippen LogP contribution is 2.11. The number of nitrogens with two attached hydrogens (primary N) is 2. The highest BCUT2D eigenvalue weighted by atomic mass is 16.3. The van der Waals surface area contributed by atoms with Crippen LogP contribution in [0.1, 0.15) is 6.92 Å². The van der Waals surface area contributed by atoms with Crippen molar-refractivity contribution in [2.75, 3.05) is 23.1 Å². The molecule has 1 aromatic rings. The minimum Gasteiger partial charge on any atom is -0.394 e. The summed E-state index contributed by atoms with van der Waals surface area (Å²) in [5.74, 6) is 6.24. The Hall–Kier alpha value is -1.60. The molecule has 0 fully saturated rings. The Morgan fingerprint density at radius 2 is 2.14 bits per heavy atom. The molecule has 0 saturated heterocycles. The second kappa shape index (κ2) is 4.58. The maximum Gasteiger partial charge on any atom is 0.223 e. The Morgan fingerprint density at radius 3 is 2.71 bits per heavy atom. The molecule has 1 unspecified atom stereocenters. The van der Waals surface area contributed by atoms with Crippen molar-refractivity contribution in [3.8, 4) is 0 Å². The summed E-state index contributed by atoms with van der Waals surface area (Å²) in [6.07, 6.45) is 0. The molecule has 0 aliphatic rings. The molecular formula is C7H14N6O. The molecule has 1 heterocycles. The van der Waals surface area contributed by atoms with Gasteiger partial charge in [-0.2, -0.15) is 9.97 Å². The third-order valence-corrected chi connectivity index (χ3v) is 1.56. The zero-order valence-electron chi connectivity index (χ0n) is 7.86. The van der Waals surface area contributed by atoms with Gasteiger partial charge in [0, 0.05) is 12.1 Å². The van der Waals surface area contributed by atoms with Crippen molar-refractivity contribution in [3.05, 3.63) is 6.07 Å². The largest absolute Gasteiger partial charge is 0.394 e. The first kappa shape index (κ1) is 10.5. The van der Waals surface area contributed by atoms with Gasteiger partial charge in [-0.05, 0) is 6.92 Å². The molecule has 7 nitrogen and oxygen atoms in total. The highest BCUT2D eigenvalue weighted by Gasteiger charge is 2.04. The van der Waals surface area contributed by atoms with E-state index in [-0.39, 0.29) is 18.6 Å². The number of rotatable bonds is 4. The monoisotopic (exact) mass is 198 g/mol. The predicted molar refractivity (Wildman–Crippen MR) is 54.4 cm³/mol. The van der Waals surface area contributed by atoms with E-state index >= 15 is 0 Å². The molecule has 1 rings (SSSR count). The van der Waals surface area contributed by atoms with Gasteiger partial charge in [-0.1, -0.05) is 0 Å². The summed E-state index contributed by atoms with van der Waals surface area (Å²) in [4.78, 5) is 7.73. The molecule has 0 aromatic carbocycles. The van der Waals surface area contributed by atoms with Crippen molar-refractivity contribution < 1.29 is 5.11 Å². The van der Waals surface area contributed by atoms with Gasteiger partial charge in [-0.25, -0.2) is 5.84 Å². The lowest BCUT2D eigenvalue weighted by Gasteiger charge is -2.12.